The van der Waals surface area contributed by atoms with Crippen LogP contribution in [0.2, 0.25) is 0 Å². The normalized spacial score (nSPS) is 11.9. The largest absolute Gasteiger partial charge is 0.135 e. The molecule has 0 atom stereocenters. The van der Waals surface area contributed by atoms with Crippen molar-refractivity contribution in [1.29, 1.82) is 0 Å². The van der Waals surface area contributed by atoms with Gasteiger partial charge in [-0.3, -0.25) is 0 Å². The van der Waals surface area contributed by atoms with Gasteiger partial charge in [0.05, 0.1) is 0 Å². The molecule has 4 aromatic carbocycles. The molecule has 0 N–H and O–H groups in total. The van der Waals surface area contributed by atoms with Crippen LogP contribution >= 0.6 is 11.3 Å². The Morgan fingerprint density at radius 2 is 1.00 bits per heavy atom. The van der Waals surface area contributed by atoms with Gasteiger partial charge in [-0.05, 0) is 71.5 Å². The molecule has 31 heavy (non-hydrogen) atoms. The minimum absolute atomic E-state index is 1.21. The highest BCUT2D eigenvalue weighted by Crippen LogP contribution is 2.37. The summed E-state index contributed by atoms with van der Waals surface area (Å²) < 4.78 is 2.70. The highest BCUT2D eigenvalue weighted by Gasteiger charge is 2.10. The van der Waals surface area contributed by atoms with Gasteiger partial charge in [0.2, 0.25) is 0 Å². The van der Waals surface area contributed by atoms with E-state index < -0.39 is 0 Å². The molecule has 0 saturated carbocycles. The van der Waals surface area contributed by atoms with Crippen LogP contribution in [0, 0.1) is 13.8 Å². The number of aryl methyl sites for hydroxylation is 2. The molecule has 0 bridgehead atoms. The van der Waals surface area contributed by atoms with Crippen molar-refractivity contribution in [3.63, 3.8) is 0 Å². The van der Waals surface area contributed by atoms with E-state index in [2.05, 4.69) is 123 Å². The molecule has 1 heterocycles. The van der Waals surface area contributed by atoms with Crippen molar-refractivity contribution in [1.82, 2.24) is 0 Å². The van der Waals surface area contributed by atoms with Gasteiger partial charge in [0, 0.05) is 20.2 Å². The lowest BCUT2D eigenvalue weighted by atomic mass is 9.99. The van der Waals surface area contributed by atoms with Gasteiger partial charge in [-0.2, -0.15) is 0 Å². The SMILES string of the molecule is Cc1cc2sc3cc(C=Cc4ccccc4)c(C=Cc4ccccc4)cc3c2cc1C. The van der Waals surface area contributed by atoms with Crippen molar-refractivity contribution in [2.24, 2.45) is 0 Å². The number of hydrogen-bond acceptors (Lipinski definition) is 1. The Hall–Kier alpha value is -3.42. The molecule has 1 heteroatoms. The molecule has 0 aliphatic carbocycles. The fourth-order valence-electron chi connectivity index (χ4n) is 3.90. The average molecular weight is 417 g/mol. The Kier molecular flexibility index (Phi) is 5.28. The Labute approximate surface area is 187 Å². The van der Waals surface area contributed by atoms with Gasteiger partial charge in [-0.1, -0.05) is 85.0 Å². The van der Waals surface area contributed by atoms with Crippen LogP contribution in [0.1, 0.15) is 33.4 Å². The first-order chi connectivity index (χ1) is 15.2. The molecule has 0 unspecified atom stereocenters. The maximum absolute atomic E-state index is 2.35. The second kappa shape index (κ2) is 8.37. The molecule has 150 valence electrons. The van der Waals surface area contributed by atoms with Crippen molar-refractivity contribution in [2.45, 2.75) is 13.8 Å². The van der Waals surface area contributed by atoms with Gasteiger partial charge in [0.25, 0.3) is 0 Å². The van der Waals surface area contributed by atoms with E-state index in [0.29, 0.717) is 0 Å². The summed E-state index contributed by atoms with van der Waals surface area (Å²) in [5.41, 5.74) is 7.60. The molecule has 0 aliphatic rings. The molecule has 0 fully saturated rings. The zero-order valence-electron chi connectivity index (χ0n) is 17.8. The third-order valence-corrected chi connectivity index (χ3v) is 6.92. The van der Waals surface area contributed by atoms with Crippen LogP contribution < -0.4 is 0 Å². The molecule has 5 aromatic rings. The second-order valence-electron chi connectivity index (χ2n) is 8.00. The van der Waals surface area contributed by atoms with Crippen LogP contribution in [0.3, 0.4) is 0 Å². The molecule has 0 radical (unpaired) electrons. The van der Waals surface area contributed by atoms with Crippen LogP contribution in [0.15, 0.2) is 84.9 Å². The van der Waals surface area contributed by atoms with Crippen LogP contribution in [0.25, 0.3) is 44.5 Å². The van der Waals surface area contributed by atoms with Gasteiger partial charge >= 0.3 is 0 Å². The predicted octanol–water partition coefficient (Wildman–Crippen LogP) is 9.01. The highest BCUT2D eigenvalue weighted by molar-refractivity contribution is 7.25. The summed E-state index contributed by atoms with van der Waals surface area (Å²) in [6, 6.07) is 30.3. The third kappa shape index (κ3) is 4.10. The number of benzene rings is 4. The van der Waals surface area contributed by atoms with Gasteiger partial charge in [0.15, 0.2) is 0 Å². The first-order valence-corrected chi connectivity index (χ1v) is 11.4. The Morgan fingerprint density at radius 3 is 1.61 bits per heavy atom. The molecule has 0 amide bonds. The molecule has 0 nitrogen and oxygen atoms in total. The zero-order valence-corrected chi connectivity index (χ0v) is 18.6. The van der Waals surface area contributed by atoms with Crippen molar-refractivity contribution < 1.29 is 0 Å². The number of rotatable bonds is 4. The van der Waals surface area contributed by atoms with Gasteiger partial charge in [-0.25, -0.2) is 0 Å². The van der Waals surface area contributed by atoms with E-state index >= 15 is 0 Å². The summed E-state index contributed by atoms with van der Waals surface area (Å²) in [6.07, 6.45) is 8.87. The Morgan fingerprint density at radius 1 is 0.516 bits per heavy atom. The minimum atomic E-state index is 1.21. The quantitative estimate of drug-likeness (QED) is 0.256. The van der Waals surface area contributed by atoms with E-state index in [-0.39, 0.29) is 0 Å². The molecule has 5 rings (SSSR count). The van der Waals surface area contributed by atoms with E-state index in [9.17, 15) is 0 Å². The summed E-state index contributed by atoms with van der Waals surface area (Å²) in [5.74, 6) is 0. The maximum atomic E-state index is 2.35. The van der Waals surface area contributed by atoms with Gasteiger partial charge in [0.1, 0.15) is 0 Å². The molecule has 0 saturated heterocycles. The van der Waals surface area contributed by atoms with Crippen LogP contribution in [0.4, 0.5) is 0 Å². The van der Waals surface area contributed by atoms with Crippen LogP contribution in [-0.4, -0.2) is 0 Å². The second-order valence-corrected chi connectivity index (χ2v) is 9.08. The summed E-state index contributed by atoms with van der Waals surface area (Å²) in [7, 11) is 0. The molecule has 1 aromatic heterocycles. The molecular weight excluding hydrogens is 392 g/mol. The van der Waals surface area contributed by atoms with Gasteiger partial charge < -0.3 is 0 Å². The lowest BCUT2D eigenvalue weighted by Crippen LogP contribution is -1.83. The summed E-state index contributed by atoms with van der Waals surface area (Å²) in [5, 5.41) is 2.70. The van der Waals surface area contributed by atoms with Crippen molar-refractivity contribution in [3.05, 3.63) is 118 Å². The average Bonchev–Trinajstić information content (AvgIpc) is 3.13. The Bertz CT molecular complexity index is 1420. The fraction of sp³-hybridized carbons (Fsp3) is 0.0667. The van der Waals surface area contributed by atoms with Gasteiger partial charge in [-0.15, -0.1) is 11.3 Å². The van der Waals surface area contributed by atoms with Crippen molar-refractivity contribution >= 4 is 55.8 Å². The zero-order chi connectivity index (χ0) is 21.2. The molecule has 0 aliphatic heterocycles. The first-order valence-electron chi connectivity index (χ1n) is 10.6. The minimum Gasteiger partial charge on any atom is -0.135 e. The smallest absolute Gasteiger partial charge is 0.0361 e. The predicted molar refractivity (Wildman–Crippen MR) is 140 cm³/mol. The van der Waals surface area contributed by atoms with Crippen LogP contribution in [0.5, 0.6) is 0 Å². The summed E-state index contributed by atoms with van der Waals surface area (Å²) in [4.78, 5) is 0. The lowest BCUT2D eigenvalue weighted by Gasteiger charge is -2.04. The topological polar surface area (TPSA) is 0 Å². The Balaban J connectivity index is 1.67. The monoisotopic (exact) mass is 416 g/mol. The highest BCUT2D eigenvalue weighted by atomic mass is 32.1. The number of fused-ring (bicyclic) bond motifs is 3. The first kappa shape index (κ1) is 19.5. The van der Waals surface area contributed by atoms with E-state index in [4.69, 9.17) is 0 Å². The molecule has 0 spiro atoms. The van der Waals surface area contributed by atoms with Crippen LogP contribution in [-0.2, 0) is 0 Å². The summed E-state index contributed by atoms with van der Waals surface area (Å²) in [6.45, 7) is 4.40. The van der Waals surface area contributed by atoms with E-state index in [0.717, 1.165) is 0 Å². The van der Waals surface area contributed by atoms with E-state index in [1.54, 1.807) is 0 Å². The fourth-order valence-corrected chi connectivity index (χ4v) is 5.12. The van der Waals surface area contributed by atoms with E-state index in [1.165, 1.54) is 53.6 Å². The van der Waals surface area contributed by atoms with Crippen molar-refractivity contribution in [3.8, 4) is 0 Å². The third-order valence-electron chi connectivity index (χ3n) is 5.80. The standard InChI is InChI=1S/C30H24S/c1-21-17-27-28-19-25(15-13-23-9-5-3-6-10-23)26(16-14-24-11-7-4-8-12-24)20-30(28)31-29(27)18-22(21)2/h3-20H,1-2H3. The molecular formula is C30H24S. The van der Waals surface area contributed by atoms with E-state index in [1.807, 2.05) is 11.3 Å². The number of hydrogen-bond donors (Lipinski definition) is 0. The summed E-state index contributed by atoms with van der Waals surface area (Å²) >= 11 is 1.89. The number of thiophene rings is 1. The van der Waals surface area contributed by atoms with Crippen molar-refractivity contribution in [2.75, 3.05) is 0 Å². The maximum Gasteiger partial charge on any atom is 0.0361 e. The lowest BCUT2D eigenvalue weighted by molar-refractivity contribution is 1.37.